The second-order valence-corrected chi connectivity index (χ2v) is 5.19. The van der Waals surface area contributed by atoms with Crippen molar-refractivity contribution in [1.29, 1.82) is 0 Å². The predicted molar refractivity (Wildman–Crippen MR) is 86.5 cm³/mol. The van der Waals surface area contributed by atoms with Gasteiger partial charge in [-0.2, -0.15) is 5.10 Å². The number of non-ortho nitro benzene ring substituents is 1. The van der Waals surface area contributed by atoms with Gasteiger partial charge in [-0.3, -0.25) is 20.0 Å². The Morgan fingerprint density at radius 3 is 2.67 bits per heavy atom. The van der Waals surface area contributed by atoms with Crippen LogP contribution in [0.15, 0.2) is 48.5 Å². The van der Waals surface area contributed by atoms with Gasteiger partial charge in [-0.1, -0.05) is 18.2 Å². The number of amides is 1. The number of carbonyl (C=O) groups is 1. The van der Waals surface area contributed by atoms with Gasteiger partial charge in [0.2, 0.25) is 0 Å². The third-order valence-electron chi connectivity index (χ3n) is 3.63. The lowest BCUT2D eigenvalue weighted by Crippen LogP contribution is -2.28. The number of carbonyl (C=O) groups excluding carboxylic acids is 1. The summed E-state index contributed by atoms with van der Waals surface area (Å²) in [6.07, 6.45) is -0.972. The number of benzene rings is 2. The molecule has 2 aromatic carbocycles. The van der Waals surface area contributed by atoms with Crippen molar-refractivity contribution < 1.29 is 14.8 Å². The fourth-order valence-electron chi connectivity index (χ4n) is 2.35. The first-order valence-corrected chi connectivity index (χ1v) is 7.20. The van der Waals surface area contributed by atoms with Crippen molar-refractivity contribution >= 4 is 22.5 Å². The lowest BCUT2D eigenvalue weighted by Gasteiger charge is -2.11. The molecule has 0 spiro atoms. The van der Waals surface area contributed by atoms with Crippen LogP contribution in [0.2, 0.25) is 0 Å². The van der Waals surface area contributed by atoms with Crippen LogP contribution in [0.5, 0.6) is 0 Å². The average Bonchev–Trinajstić information content (AvgIpc) is 3.03. The molecule has 0 saturated carbocycles. The third kappa shape index (κ3) is 3.08. The number of rotatable bonds is 5. The van der Waals surface area contributed by atoms with E-state index in [1.54, 1.807) is 12.1 Å². The molecule has 122 valence electrons. The Balaban J connectivity index is 1.66. The highest BCUT2D eigenvalue weighted by molar-refractivity contribution is 6.04. The molecule has 0 bridgehead atoms. The summed E-state index contributed by atoms with van der Waals surface area (Å²) < 4.78 is 0. The first kappa shape index (κ1) is 15.6. The Morgan fingerprint density at radius 1 is 1.25 bits per heavy atom. The lowest BCUT2D eigenvalue weighted by atomic mass is 10.1. The number of aliphatic hydroxyl groups excluding tert-OH is 1. The third-order valence-corrected chi connectivity index (χ3v) is 3.63. The van der Waals surface area contributed by atoms with E-state index in [2.05, 4.69) is 15.5 Å². The van der Waals surface area contributed by atoms with Crippen LogP contribution in [0, 0.1) is 10.1 Å². The van der Waals surface area contributed by atoms with Crippen molar-refractivity contribution in [3.8, 4) is 0 Å². The Labute approximate surface area is 136 Å². The van der Waals surface area contributed by atoms with E-state index in [-0.39, 0.29) is 17.9 Å². The monoisotopic (exact) mass is 326 g/mol. The fraction of sp³-hybridized carbons (Fsp3) is 0.125. The van der Waals surface area contributed by atoms with Gasteiger partial charge in [-0.05, 0) is 23.8 Å². The Hall–Kier alpha value is -3.26. The normalized spacial score (nSPS) is 12.0. The number of nitro benzene ring substituents is 1. The molecule has 8 heteroatoms. The van der Waals surface area contributed by atoms with Crippen LogP contribution in [-0.2, 0) is 0 Å². The zero-order chi connectivity index (χ0) is 17.1. The first-order chi connectivity index (χ1) is 11.6. The average molecular weight is 326 g/mol. The zero-order valence-corrected chi connectivity index (χ0v) is 12.5. The minimum Gasteiger partial charge on any atom is -0.387 e. The van der Waals surface area contributed by atoms with Crippen LogP contribution >= 0.6 is 0 Å². The number of hydrogen-bond donors (Lipinski definition) is 3. The van der Waals surface area contributed by atoms with E-state index in [1.807, 2.05) is 12.1 Å². The standard InChI is InChI=1S/C16H14N4O4/c21-14(10-5-7-11(8-6-10)20(23)24)9-17-16(22)15-12-3-1-2-4-13(12)18-19-15/h1-8,14,21H,9H2,(H,17,22)(H,18,19)/t14-/m1/s1. The highest BCUT2D eigenvalue weighted by Crippen LogP contribution is 2.18. The van der Waals surface area contributed by atoms with Crippen molar-refractivity contribution in [3.63, 3.8) is 0 Å². The van der Waals surface area contributed by atoms with Gasteiger partial charge in [0.25, 0.3) is 11.6 Å². The molecule has 8 nitrogen and oxygen atoms in total. The summed E-state index contributed by atoms with van der Waals surface area (Å²) in [7, 11) is 0. The lowest BCUT2D eigenvalue weighted by molar-refractivity contribution is -0.384. The number of nitrogens with zero attached hydrogens (tertiary/aromatic N) is 2. The summed E-state index contributed by atoms with van der Waals surface area (Å²) in [5.74, 6) is -0.409. The van der Waals surface area contributed by atoms with E-state index in [9.17, 15) is 20.0 Å². The SMILES string of the molecule is O=C(NC[C@@H](O)c1ccc([N+](=O)[O-])cc1)c1n[nH]c2ccccc12. The molecule has 24 heavy (non-hydrogen) atoms. The maximum absolute atomic E-state index is 12.2. The Morgan fingerprint density at radius 2 is 1.96 bits per heavy atom. The minimum absolute atomic E-state index is 0.0299. The molecule has 1 aromatic heterocycles. The number of fused-ring (bicyclic) bond motifs is 1. The van der Waals surface area contributed by atoms with Gasteiger partial charge >= 0.3 is 0 Å². The number of aromatic nitrogens is 2. The van der Waals surface area contributed by atoms with Crippen molar-refractivity contribution in [1.82, 2.24) is 15.5 Å². The molecule has 3 N–H and O–H groups in total. The molecule has 1 heterocycles. The number of nitro groups is 1. The van der Waals surface area contributed by atoms with Crippen LogP contribution in [0.3, 0.4) is 0 Å². The number of para-hydroxylation sites is 1. The van der Waals surface area contributed by atoms with E-state index in [4.69, 9.17) is 0 Å². The molecule has 0 radical (unpaired) electrons. The zero-order valence-electron chi connectivity index (χ0n) is 12.5. The molecule has 0 aliphatic rings. The molecule has 1 atom stereocenters. The molecule has 0 aliphatic heterocycles. The number of hydrogen-bond acceptors (Lipinski definition) is 5. The number of H-pyrrole nitrogens is 1. The molecular formula is C16H14N4O4. The van der Waals surface area contributed by atoms with E-state index in [1.165, 1.54) is 24.3 Å². The molecule has 0 saturated heterocycles. The summed E-state index contributed by atoms with van der Waals surface area (Å²) in [5.41, 5.74) is 1.42. The van der Waals surface area contributed by atoms with E-state index < -0.39 is 16.9 Å². The van der Waals surface area contributed by atoms with Crippen LogP contribution in [0.4, 0.5) is 5.69 Å². The van der Waals surface area contributed by atoms with Gasteiger partial charge in [-0.25, -0.2) is 0 Å². The van der Waals surface area contributed by atoms with Crippen LogP contribution < -0.4 is 5.32 Å². The molecule has 3 rings (SSSR count). The molecule has 0 unspecified atom stereocenters. The summed E-state index contributed by atoms with van der Waals surface area (Å²) in [4.78, 5) is 22.3. The first-order valence-electron chi connectivity index (χ1n) is 7.20. The highest BCUT2D eigenvalue weighted by Gasteiger charge is 2.16. The van der Waals surface area contributed by atoms with Gasteiger partial charge in [0, 0.05) is 24.1 Å². The van der Waals surface area contributed by atoms with Crippen LogP contribution in [0.25, 0.3) is 10.9 Å². The summed E-state index contributed by atoms with van der Waals surface area (Å²) >= 11 is 0. The Bertz CT molecular complexity index is 888. The second-order valence-electron chi connectivity index (χ2n) is 5.19. The summed E-state index contributed by atoms with van der Waals surface area (Å²) in [6.45, 7) is -0.0299. The largest absolute Gasteiger partial charge is 0.387 e. The molecule has 0 aliphatic carbocycles. The topological polar surface area (TPSA) is 121 Å². The van der Waals surface area contributed by atoms with E-state index >= 15 is 0 Å². The fourth-order valence-corrected chi connectivity index (χ4v) is 2.35. The van der Waals surface area contributed by atoms with Gasteiger partial charge in [0.05, 0.1) is 16.5 Å². The highest BCUT2D eigenvalue weighted by atomic mass is 16.6. The van der Waals surface area contributed by atoms with Crippen molar-refractivity contribution in [3.05, 3.63) is 69.9 Å². The van der Waals surface area contributed by atoms with Crippen LogP contribution in [-0.4, -0.2) is 32.7 Å². The molecular weight excluding hydrogens is 312 g/mol. The number of aliphatic hydroxyl groups is 1. The smallest absolute Gasteiger partial charge is 0.272 e. The predicted octanol–water partition coefficient (Wildman–Crippen LogP) is 1.93. The van der Waals surface area contributed by atoms with Crippen molar-refractivity contribution in [2.24, 2.45) is 0 Å². The quantitative estimate of drug-likeness (QED) is 0.488. The van der Waals surface area contributed by atoms with Gasteiger partial charge < -0.3 is 10.4 Å². The maximum Gasteiger partial charge on any atom is 0.272 e. The summed E-state index contributed by atoms with van der Waals surface area (Å²) in [5, 5.41) is 30.8. The molecule has 1 amide bonds. The maximum atomic E-state index is 12.2. The van der Waals surface area contributed by atoms with Gasteiger partial charge in [-0.15, -0.1) is 0 Å². The van der Waals surface area contributed by atoms with Gasteiger partial charge in [0.15, 0.2) is 5.69 Å². The Kier molecular flexibility index (Phi) is 4.21. The number of nitrogens with one attached hydrogen (secondary N) is 2. The van der Waals surface area contributed by atoms with Crippen molar-refractivity contribution in [2.75, 3.05) is 6.54 Å². The number of aromatic amines is 1. The van der Waals surface area contributed by atoms with E-state index in [0.717, 1.165) is 5.52 Å². The van der Waals surface area contributed by atoms with E-state index in [0.29, 0.717) is 10.9 Å². The van der Waals surface area contributed by atoms with Crippen molar-refractivity contribution in [2.45, 2.75) is 6.10 Å². The summed E-state index contributed by atoms with van der Waals surface area (Å²) in [6, 6.07) is 12.8. The van der Waals surface area contributed by atoms with Gasteiger partial charge in [0.1, 0.15) is 0 Å². The molecule has 0 fully saturated rings. The minimum atomic E-state index is -0.972. The molecule has 3 aromatic rings. The van der Waals surface area contributed by atoms with Crippen LogP contribution in [0.1, 0.15) is 22.2 Å². The second kappa shape index (κ2) is 6.47.